The molecule has 1 N–H and O–H groups in total. The fourth-order valence-electron chi connectivity index (χ4n) is 1.59. The van der Waals surface area contributed by atoms with E-state index in [0.29, 0.717) is 23.6 Å². The summed E-state index contributed by atoms with van der Waals surface area (Å²) in [5.41, 5.74) is 1.62. The molecule has 94 valence electrons. The van der Waals surface area contributed by atoms with Crippen molar-refractivity contribution in [2.24, 2.45) is 0 Å². The molecule has 2 aromatic rings. The molecule has 0 aliphatic rings. The molecule has 0 amide bonds. The van der Waals surface area contributed by atoms with Crippen molar-refractivity contribution in [3.8, 4) is 11.5 Å². The monoisotopic (exact) mass is 246 g/mol. The van der Waals surface area contributed by atoms with E-state index in [-0.39, 0.29) is 5.82 Å². The van der Waals surface area contributed by atoms with E-state index >= 15 is 0 Å². The van der Waals surface area contributed by atoms with Crippen LogP contribution < -0.4 is 10.1 Å². The Labute approximate surface area is 106 Å². The van der Waals surface area contributed by atoms with Crippen molar-refractivity contribution in [2.45, 2.75) is 13.5 Å². The molecule has 0 aliphatic heterocycles. The van der Waals surface area contributed by atoms with Crippen LogP contribution in [0.4, 0.5) is 4.39 Å². The van der Waals surface area contributed by atoms with Gasteiger partial charge in [-0.1, -0.05) is 6.07 Å². The Balaban J connectivity index is 2.17. The molecule has 0 fully saturated rings. The van der Waals surface area contributed by atoms with E-state index in [1.165, 1.54) is 6.07 Å². The Kier molecular flexibility index (Phi) is 3.89. The average molecular weight is 246 g/mol. The van der Waals surface area contributed by atoms with Gasteiger partial charge in [-0.2, -0.15) is 0 Å². The maximum atomic E-state index is 13.4. The number of hydrogen-bond acceptors (Lipinski definition) is 3. The van der Waals surface area contributed by atoms with Crippen molar-refractivity contribution in [3.05, 3.63) is 53.6 Å². The van der Waals surface area contributed by atoms with E-state index in [1.54, 1.807) is 31.5 Å². The summed E-state index contributed by atoms with van der Waals surface area (Å²) in [5.74, 6) is 0.805. The molecule has 3 nitrogen and oxygen atoms in total. The first kappa shape index (κ1) is 12.5. The summed E-state index contributed by atoms with van der Waals surface area (Å²) < 4.78 is 18.9. The van der Waals surface area contributed by atoms with Crippen LogP contribution in [0.15, 0.2) is 36.7 Å². The SMILES string of the molecule is CNCc1cncc(Oc2ccc(C)c(F)c2)c1. The van der Waals surface area contributed by atoms with Gasteiger partial charge in [0.05, 0.1) is 6.20 Å². The van der Waals surface area contributed by atoms with Crippen molar-refractivity contribution in [1.29, 1.82) is 0 Å². The van der Waals surface area contributed by atoms with Gasteiger partial charge in [-0.15, -0.1) is 0 Å². The number of ether oxygens (including phenoxy) is 1. The minimum absolute atomic E-state index is 0.271. The van der Waals surface area contributed by atoms with Gasteiger partial charge in [0.15, 0.2) is 0 Å². The van der Waals surface area contributed by atoms with E-state index in [0.717, 1.165) is 5.56 Å². The first-order chi connectivity index (χ1) is 8.69. The second-order valence-corrected chi connectivity index (χ2v) is 4.07. The largest absolute Gasteiger partial charge is 0.456 e. The van der Waals surface area contributed by atoms with E-state index in [2.05, 4.69) is 10.3 Å². The lowest BCUT2D eigenvalue weighted by molar-refractivity contribution is 0.473. The third kappa shape index (κ3) is 3.05. The number of benzene rings is 1. The highest BCUT2D eigenvalue weighted by Crippen LogP contribution is 2.23. The lowest BCUT2D eigenvalue weighted by Crippen LogP contribution is -2.05. The van der Waals surface area contributed by atoms with Crippen LogP contribution in [0.25, 0.3) is 0 Å². The Morgan fingerprint density at radius 2 is 2.06 bits per heavy atom. The van der Waals surface area contributed by atoms with Crippen LogP contribution >= 0.6 is 0 Å². The molecule has 0 spiro atoms. The number of pyridine rings is 1. The zero-order chi connectivity index (χ0) is 13.0. The van der Waals surface area contributed by atoms with Crippen LogP contribution in [0.2, 0.25) is 0 Å². The lowest BCUT2D eigenvalue weighted by Gasteiger charge is -2.07. The minimum Gasteiger partial charge on any atom is -0.456 e. The Hall–Kier alpha value is -1.94. The van der Waals surface area contributed by atoms with Crippen molar-refractivity contribution in [2.75, 3.05) is 7.05 Å². The highest BCUT2D eigenvalue weighted by atomic mass is 19.1. The van der Waals surface area contributed by atoms with Crippen molar-refractivity contribution in [3.63, 3.8) is 0 Å². The van der Waals surface area contributed by atoms with Crippen LogP contribution in [0, 0.1) is 12.7 Å². The summed E-state index contributed by atoms with van der Waals surface area (Å²) in [4.78, 5) is 4.08. The van der Waals surface area contributed by atoms with Gasteiger partial charge in [0.2, 0.25) is 0 Å². The van der Waals surface area contributed by atoms with Crippen LogP contribution in [0.1, 0.15) is 11.1 Å². The standard InChI is InChI=1S/C14H15FN2O/c1-10-3-4-12(6-14(10)15)18-13-5-11(7-16-2)8-17-9-13/h3-6,8-9,16H,7H2,1-2H3. The summed E-state index contributed by atoms with van der Waals surface area (Å²) >= 11 is 0. The molecular formula is C14H15FN2O. The van der Waals surface area contributed by atoms with Gasteiger partial charge in [0, 0.05) is 18.8 Å². The molecule has 1 heterocycles. The highest BCUT2D eigenvalue weighted by Gasteiger charge is 2.03. The number of rotatable bonds is 4. The van der Waals surface area contributed by atoms with E-state index in [1.807, 2.05) is 13.1 Å². The van der Waals surface area contributed by atoms with E-state index < -0.39 is 0 Å². The molecule has 4 heteroatoms. The lowest BCUT2D eigenvalue weighted by atomic mass is 10.2. The van der Waals surface area contributed by atoms with Crippen LogP contribution in [-0.2, 0) is 6.54 Å². The van der Waals surface area contributed by atoms with Gasteiger partial charge in [-0.05, 0) is 37.2 Å². The van der Waals surface area contributed by atoms with Gasteiger partial charge in [-0.25, -0.2) is 4.39 Å². The normalized spacial score (nSPS) is 10.4. The van der Waals surface area contributed by atoms with Gasteiger partial charge in [-0.3, -0.25) is 4.98 Å². The molecule has 0 unspecified atom stereocenters. The van der Waals surface area contributed by atoms with Crippen molar-refractivity contribution >= 4 is 0 Å². The fraction of sp³-hybridized carbons (Fsp3) is 0.214. The molecular weight excluding hydrogens is 231 g/mol. The maximum absolute atomic E-state index is 13.4. The van der Waals surface area contributed by atoms with Gasteiger partial charge < -0.3 is 10.1 Å². The molecule has 0 radical (unpaired) electrons. The summed E-state index contributed by atoms with van der Waals surface area (Å²) in [5, 5.41) is 3.04. The van der Waals surface area contributed by atoms with E-state index in [4.69, 9.17) is 4.74 Å². The number of halogens is 1. The first-order valence-corrected chi connectivity index (χ1v) is 5.71. The predicted octanol–water partition coefficient (Wildman–Crippen LogP) is 3.04. The molecule has 0 aliphatic carbocycles. The second-order valence-electron chi connectivity index (χ2n) is 4.07. The van der Waals surface area contributed by atoms with Crippen molar-refractivity contribution in [1.82, 2.24) is 10.3 Å². The fourth-order valence-corrected chi connectivity index (χ4v) is 1.59. The number of aromatic nitrogens is 1. The van der Waals surface area contributed by atoms with Crippen molar-refractivity contribution < 1.29 is 9.13 Å². The Morgan fingerprint density at radius 3 is 2.78 bits per heavy atom. The molecule has 1 aromatic heterocycles. The molecule has 0 saturated heterocycles. The van der Waals surface area contributed by atoms with Gasteiger partial charge in [0.25, 0.3) is 0 Å². The number of nitrogens with zero attached hydrogens (tertiary/aromatic N) is 1. The van der Waals surface area contributed by atoms with E-state index in [9.17, 15) is 4.39 Å². The predicted molar refractivity (Wildman–Crippen MR) is 68.2 cm³/mol. The Bertz CT molecular complexity index is 543. The molecule has 0 saturated carbocycles. The molecule has 18 heavy (non-hydrogen) atoms. The first-order valence-electron chi connectivity index (χ1n) is 5.71. The van der Waals surface area contributed by atoms with Crippen LogP contribution in [0.5, 0.6) is 11.5 Å². The quantitative estimate of drug-likeness (QED) is 0.900. The number of hydrogen-bond donors (Lipinski definition) is 1. The molecule has 0 atom stereocenters. The molecule has 1 aromatic carbocycles. The summed E-state index contributed by atoms with van der Waals surface area (Å²) in [7, 11) is 1.86. The highest BCUT2D eigenvalue weighted by molar-refractivity contribution is 5.33. The minimum atomic E-state index is -0.271. The smallest absolute Gasteiger partial charge is 0.146 e. The zero-order valence-electron chi connectivity index (χ0n) is 10.4. The van der Waals surface area contributed by atoms with Crippen LogP contribution in [-0.4, -0.2) is 12.0 Å². The number of nitrogens with one attached hydrogen (secondary N) is 1. The van der Waals surface area contributed by atoms with Crippen LogP contribution in [0.3, 0.4) is 0 Å². The Morgan fingerprint density at radius 1 is 1.22 bits per heavy atom. The third-order valence-electron chi connectivity index (χ3n) is 2.53. The van der Waals surface area contributed by atoms with Gasteiger partial charge >= 0.3 is 0 Å². The summed E-state index contributed by atoms with van der Waals surface area (Å²) in [6, 6.07) is 6.68. The molecule has 2 rings (SSSR count). The second kappa shape index (κ2) is 5.60. The zero-order valence-corrected chi connectivity index (χ0v) is 10.4. The average Bonchev–Trinajstić information content (AvgIpc) is 2.35. The number of aryl methyl sites for hydroxylation is 1. The topological polar surface area (TPSA) is 34.2 Å². The third-order valence-corrected chi connectivity index (χ3v) is 2.53. The van der Waals surface area contributed by atoms with Gasteiger partial charge in [0.1, 0.15) is 17.3 Å². The summed E-state index contributed by atoms with van der Waals surface area (Å²) in [6.45, 7) is 2.43. The molecule has 0 bridgehead atoms. The summed E-state index contributed by atoms with van der Waals surface area (Å²) in [6.07, 6.45) is 3.37. The maximum Gasteiger partial charge on any atom is 0.146 e.